The molecule has 10 nitrogen and oxygen atoms in total. The van der Waals surface area contributed by atoms with Crippen molar-refractivity contribution >= 4 is 28.5 Å². The SMILES string of the molecule is COc1ccc(Cl)cc1C(=O)N[C@@H]1C[C@H](n2c(-c3ccccc3F)nc3cnc(-c4ncn[nH]4)cc32)CN(C)C1. The van der Waals surface area contributed by atoms with Gasteiger partial charge in [-0.25, -0.2) is 14.4 Å². The molecule has 0 bridgehead atoms. The Balaban J connectivity index is 1.40. The number of hydrogen-bond donors (Lipinski definition) is 2. The quantitative estimate of drug-likeness (QED) is 0.317. The number of fused-ring (bicyclic) bond motifs is 1. The lowest BCUT2D eigenvalue weighted by Crippen LogP contribution is -2.50. The van der Waals surface area contributed by atoms with Gasteiger partial charge in [0, 0.05) is 24.2 Å². The molecule has 0 aliphatic carbocycles. The molecular weight excluding hydrogens is 535 g/mol. The van der Waals surface area contributed by atoms with Crippen LogP contribution in [0.4, 0.5) is 4.39 Å². The Kier molecular flexibility index (Phi) is 6.91. The maximum absolute atomic E-state index is 15.1. The number of benzene rings is 2. The number of aromatic nitrogens is 6. The lowest BCUT2D eigenvalue weighted by Gasteiger charge is -2.37. The van der Waals surface area contributed by atoms with Crippen LogP contribution in [0.2, 0.25) is 5.02 Å². The fraction of sp³-hybridized carbons (Fsp3) is 0.250. The third-order valence-corrected chi connectivity index (χ3v) is 7.30. The number of pyridine rings is 1. The predicted molar refractivity (Wildman–Crippen MR) is 149 cm³/mol. The Labute approximate surface area is 234 Å². The molecule has 1 aliphatic heterocycles. The van der Waals surface area contributed by atoms with Crippen LogP contribution in [-0.4, -0.2) is 73.8 Å². The van der Waals surface area contributed by atoms with Gasteiger partial charge in [0.15, 0.2) is 5.82 Å². The fourth-order valence-electron chi connectivity index (χ4n) is 5.36. The van der Waals surface area contributed by atoms with Crippen molar-refractivity contribution in [2.75, 3.05) is 27.2 Å². The zero-order valence-electron chi connectivity index (χ0n) is 21.8. The highest BCUT2D eigenvalue weighted by molar-refractivity contribution is 6.31. The molecule has 1 fully saturated rings. The summed E-state index contributed by atoms with van der Waals surface area (Å²) in [4.78, 5) is 29.0. The molecule has 1 saturated heterocycles. The number of hydrogen-bond acceptors (Lipinski definition) is 7. The molecule has 1 amide bonds. The van der Waals surface area contributed by atoms with Gasteiger partial charge in [0.1, 0.15) is 34.9 Å². The van der Waals surface area contributed by atoms with Crippen molar-refractivity contribution in [1.82, 2.24) is 39.9 Å². The van der Waals surface area contributed by atoms with Gasteiger partial charge in [-0.05, 0) is 49.9 Å². The largest absolute Gasteiger partial charge is 0.496 e. The normalized spacial score (nSPS) is 17.7. The maximum atomic E-state index is 15.1. The van der Waals surface area contributed by atoms with Gasteiger partial charge < -0.3 is 19.5 Å². The van der Waals surface area contributed by atoms with Gasteiger partial charge in [0.2, 0.25) is 0 Å². The lowest BCUT2D eigenvalue weighted by atomic mass is 9.99. The topological polar surface area (TPSA) is 114 Å². The molecule has 6 rings (SSSR count). The highest BCUT2D eigenvalue weighted by atomic mass is 35.5. The third-order valence-electron chi connectivity index (χ3n) is 7.07. The fourth-order valence-corrected chi connectivity index (χ4v) is 5.53. The van der Waals surface area contributed by atoms with Crippen LogP contribution in [0.25, 0.3) is 33.9 Å². The average Bonchev–Trinajstić information content (AvgIpc) is 3.61. The molecule has 0 saturated carbocycles. The molecule has 2 aromatic carbocycles. The molecular formula is C28H26ClFN8O2. The van der Waals surface area contributed by atoms with Crippen LogP contribution in [-0.2, 0) is 0 Å². The van der Waals surface area contributed by atoms with E-state index in [4.69, 9.17) is 21.3 Å². The van der Waals surface area contributed by atoms with Gasteiger partial charge in [-0.15, -0.1) is 0 Å². The number of nitrogens with zero attached hydrogens (tertiary/aromatic N) is 6. The average molecular weight is 561 g/mol. The van der Waals surface area contributed by atoms with Crippen LogP contribution in [0.15, 0.2) is 61.1 Å². The van der Waals surface area contributed by atoms with Gasteiger partial charge in [0.25, 0.3) is 5.91 Å². The first-order valence-electron chi connectivity index (χ1n) is 12.7. The summed E-state index contributed by atoms with van der Waals surface area (Å²) in [7, 11) is 3.51. The molecule has 204 valence electrons. The number of imidazole rings is 1. The summed E-state index contributed by atoms with van der Waals surface area (Å²) in [6, 6.07) is 13.1. The van der Waals surface area contributed by atoms with Crippen molar-refractivity contribution in [3.8, 4) is 28.7 Å². The van der Waals surface area contributed by atoms with Gasteiger partial charge in [-0.3, -0.25) is 14.9 Å². The number of amides is 1. The summed E-state index contributed by atoms with van der Waals surface area (Å²) in [6.45, 7) is 1.30. The van der Waals surface area contributed by atoms with E-state index >= 15 is 4.39 Å². The van der Waals surface area contributed by atoms with Crippen molar-refractivity contribution in [3.63, 3.8) is 0 Å². The number of nitrogens with one attached hydrogen (secondary N) is 2. The summed E-state index contributed by atoms with van der Waals surface area (Å²) in [5, 5.41) is 10.4. The molecule has 0 radical (unpaired) electrons. The minimum absolute atomic E-state index is 0.144. The van der Waals surface area contributed by atoms with Crippen molar-refractivity contribution in [2.24, 2.45) is 0 Å². The van der Waals surface area contributed by atoms with E-state index in [2.05, 4.69) is 30.4 Å². The van der Waals surface area contributed by atoms with Gasteiger partial charge >= 0.3 is 0 Å². The minimum Gasteiger partial charge on any atom is -0.496 e. The first kappa shape index (κ1) is 25.9. The summed E-state index contributed by atoms with van der Waals surface area (Å²) in [6.07, 6.45) is 3.67. The van der Waals surface area contributed by atoms with Crippen molar-refractivity contribution < 1.29 is 13.9 Å². The molecule has 1 aliphatic rings. The molecule has 2 atom stereocenters. The standard InChI is InChI=1S/C28H26ClFN8O2/c1-37-13-17(34-28(39)20-9-16(29)7-8-25(20)40-2)10-18(14-37)38-24-11-22(26-32-15-33-36-26)31-12-23(24)35-27(38)19-5-3-4-6-21(19)30/h3-9,11-12,15,17-18H,10,13-14H2,1-2H3,(H,34,39)(H,32,33,36)/t17-,18+/m1/s1. The van der Waals surface area contributed by atoms with Gasteiger partial charge in [0.05, 0.1) is 36.0 Å². The number of carbonyl (C=O) groups is 1. The number of likely N-dealkylation sites (tertiary alicyclic amines) is 1. The van der Waals surface area contributed by atoms with Crippen molar-refractivity contribution in [1.29, 1.82) is 0 Å². The Hall–Kier alpha value is -4.35. The van der Waals surface area contributed by atoms with Gasteiger partial charge in [-0.1, -0.05) is 23.7 Å². The van der Waals surface area contributed by atoms with E-state index in [1.54, 1.807) is 42.6 Å². The Morgan fingerprint density at radius 2 is 2.02 bits per heavy atom. The van der Waals surface area contributed by atoms with Crippen LogP contribution in [0.5, 0.6) is 5.75 Å². The third kappa shape index (κ3) is 4.89. The van der Waals surface area contributed by atoms with Crippen LogP contribution < -0.4 is 10.1 Å². The molecule has 0 spiro atoms. The summed E-state index contributed by atoms with van der Waals surface area (Å²) < 4.78 is 22.5. The van der Waals surface area contributed by atoms with E-state index in [9.17, 15) is 4.79 Å². The second-order valence-electron chi connectivity index (χ2n) is 9.80. The number of likely N-dealkylation sites (N-methyl/N-ethyl adjacent to an activating group) is 1. The van der Waals surface area contributed by atoms with Crippen LogP contribution in [0.3, 0.4) is 0 Å². The number of H-pyrrole nitrogens is 1. The highest BCUT2D eigenvalue weighted by Crippen LogP contribution is 2.34. The van der Waals surface area contributed by atoms with E-state index in [0.29, 0.717) is 64.3 Å². The van der Waals surface area contributed by atoms with E-state index in [1.165, 1.54) is 19.5 Å². The number of rotatable bonds is 6. The second-order valence-corrected chi connectivity index (χ2v) is 10.2. The summed E-state index contributed by atoms with van der Waals surface area (Å²) in [5.41, 5.74) is 2.74. The summed E-state index contributed by atoms with van der Waals surface area (Å²) >= 11 is 6.17. The van der Waals surface area contributed by atoms with Crippen LogP contribution >= 0.6 is 11.6 Å². The lowest BCUT2D eigenvalue weighted by molar-refractivity contribution is 0.0891. The zero-order chi connectivity index (χ0) is 27.8. The van der Waals surface area contributed by atoms with Gasteiger partial charge in [-0.2, -0.15) is 5.10 Å². The van der Waals surface area contributed by atoms with E-state index < -0.39 is 0 Å². The molecule has 3 aromatic heterocycles. The Morgan fingerprint density at radius 3 is 2.80 bits per heavy atom. The first-order valence-corrected chi connectivity index (χ1v) is 13.1. The molecule has 4 heterocycles. The van der Waals surface area contributed by atoms with E-state index in [-0.39, 0.29) is 23.8 Å². The minimum atomic E-state index is -0.371. The molecule has 2 N–H and O–H groups in total. The monoisotopic (exact) mass is 560 g/mol. The van der Waals surface area contributed by atoms with Crippen LogP contribution in [0, 0.1) is 5.82 Å². The molecule has 0 unspecified atom stereocenters. The van der Waals surface area contributed by atoms with E-state index in [1.807, 2.05) is 17.7 Å². The Bertz CT molecular complexity index is 1690. The second kappa shape index (κ2) is 10.7. The van der Waals surface area contributed by atoms with Crippen LogP contribution in [0.1, 0.15) is 22.8 Å². The molecule has 40 heavy (non-hydrogen) atoms. The molecule has 12 heteroatoms. The smallest absolute Gasteiger partial charge is 0.255 e. The predicted octanol–water partition coefficient (Wildman–Crippen LogP) is 4.36. The van der Waals surface area contributed by atoms with Crippen molar-refractivity contribution in [3.05, 3.63) is 77.5 Å². The van der Waals surface area contributed by atoms with E-state index in [0.717, 1.165) is 5.52 Å². The number of ether oxygens (including phenoxy) is 1. The number of carbonyl (C=O) groups excluding carboxylic acids is 1. The first-order chi connectivity index (χ1) is 19.4. The maximum Gasteiger partial charge on any atom is 0.255 e. The van der Waals surface area contributed by atoms with Crippen molar-refractivity contribution in [2.45, 2.75) is 18.5 Å². The number of aromatic amines is 1. The highest BCUT2D eigenvalue weighted by Gasteiger charge is 2.32. The molecule has 5 aromatic rings. The number of halogens is 2. The zero-order valence-corrected chi connectivity index (χ0v) is 22.6. The number of methoxy groups -OCH3 is 1. The number of piperidine rings is 1. The summed E-state index contributed by atoms with van der Waals surface area (Å²) in [5.74, 6) is 0.803. The Morgan fingerprint density at radius 1 is 1.18 bits per heavy atom.